The molecule has 0 atom stereocenters. The Bertz CT molecular complexity index is 437. The average Bonchev–Trinajstić information content (AvgIpc) is 2.96. The van der Waals surface area contributed by atoms with Gasteiger partial charge in [-0.15, -0.1) is 6.58 Å². The summed E-state index contributed by atoms with van der Waals surface area (Å²) in [5.41, 5.74) is 0. The van der Waals surface area contributed by atoms with E-state index in [1.165, 1.54) is 193 Å². The zero-order chi connectivity index (χ0) is 29.5. The van der Waals surface area contributed by atoms with Crippen LogP contribution in [0.5, 0.6) is 0 Å². The van der Waals surface area contributed by atoms with Crippen LogP contribution in [0.15, 0.2) is 37.0 Å². The quantitative estimate of drug-likeness (QED) is 0.0638. The van der Waals surface area contributed by atoms with Gasteiger partial charge < -0.3 is 5.32 Å². The molecule has 1 heteroatoms. The van der Waals surface area contributed by atoms with Crippen molar-refractivity contribution in [2.75, 3.05) is 13.1 Å². The number of nitrogens with one attached hydrogen (secondary N) is 1. The normalized spacial score (nSPS) is 11.4. The summed E-state index contributed by atoms with van der Waals surface area (Å²) >= 11 is 0. The lowest BCUT2D eigenvalue weighted by Crippen LogP contribution is -2.16. The Labute approximate surface area is 255 Å². The average molecular weight is 560 g/mol. The van der Waals surface area contributed by atoms with Gasteiger partial charge in [-0.1, -0.05) is 160 Å². The van der Waals surface area contributed by atoms with E-state index < -0.39 is 0 Å². The number of hydrogen-bond donors (Lipinski definition) is 1. The van der Waals surface area contributed by atoms with Crippen LogP contribution in [0.4, 0.5) is 0 Å². The molecule has 0 saturated heterocycles. The molecular weight excluding hydrogens is 482 g/mol. The molecule has 0 spiro atoms. The summed E-state index contributed by atoms with van der Waals surface area (Å²) in [7, 11) is 0. The van der Waals surface area contributed by atoms with E-state index >= 15 is 0 Å². The van der Waals surface area contributed by atoms with Gasteiger partial charge in [-0.05, 0) is 84.2 Å². The molecule has 0 radical (unpaired) electrons. The molecule has 0 aromatic carbocycles. The van der Waals surface area contributed by atoms with E-state index in [1.54, 1.807) is 6.08 Å². The van der Waals surface area contributed by atoms with Gasteiger partial charge in [0, 0.05) is 0 Å². The highest BCUT2D eigenvalue weighted by molar-refractivity contribution is 4.82. The minimum atomic E-state index is 1.23. The Kier molecular flexibility index (Phi) is 44.0. The SMILES string of the molecule is C=CC.CCCCCCCCC=CCCCCCCCCNCCCCCCCCC=CCCCCCCCC. The Morgan fingerprint density at radius 1 is 0.375 bits per heavy atom. The van der Waals surface area contributed by atoms with Crippen molar-refractivity contribution in [2.45, 2.75) is 201 Å². The standard InChI is InChI=1S/C36H71N.C3H6/c1-3-5-7-9-11-13-15-17-19-21-23-25-27-29-31-33-35-37-36-34-32-30-28-26-24-22-20-18-16-14-12-10-8-6-4-2;1-3-2/h17-20,37H,3-16,21-36H2,1-2H3;3H,1H2,2H3. The third-order valence-corrected chi connectivity index (χ3v) is 7.73. The maximum absolute atomic E-state index is 3.67. The van der Waals surface area contributed by atoms with Gasteiger partial charge in [0.25, 0.3) is 0 Å². The molecule has 0 aliphatic carbocycles. The van der Waals surface area contributed by atoms with Crippen LogP contribution in [0.3, 0.4) is 0 Å². The molecule has 0 aliphatic rings. The van der Waals surface area contributed by atoms with Crippen LogP contribution in [0, 0.1) is 0 Å². The predicted octanol–water partition coefficient (Wildman–Crippen LogP) is 13.8. The summed E-state index contributed by atoms with van der Waals surface area (Å²) in [6.07, 6.45) is 50.5. The first-order valence-electron chi connectivity index (χ1n) is 18.4. The third kappa shape index (κ3) is 44.2. The lowest BCUT2D eigenvalue weighted by Gasteiger charge is -2.05. The molecule has 0 aromatic heterocycles. The molecule has 0 heterocycles. The van der Waals surface area contributed by atoms with Crippen molar-refractivity contribution in [1.29, 1.82) is 0 Å². The Morgan fingerprint density at radius 3 is 0.875 bits per heavy atom. The number of unbranched alkanes of at least 4 members (excludes halogenated alkanes) is 24. The van der Waals surface area contributed by atoms with E-state index in [4.69, 9.17) is 0 Å². The van der Waals surface area contributed by atoms with E-state index in [9.17, 15) is 0 Å². The first-order valence-corrected chi connectivity index (χ1v) is 18.4. The summed E-state index contributed by atoms with van der Waals surface area (Å²) in [4.78, 5) is 0. The maximum atomic E-state index is 3.67. The van der Waals surface area contributed by atoms with Crippen molar-refractivity contribution >= 4 is 0 Å². The van der Waals surface area contributed by atoms with Crippen molar-refractivity contribution in [1.82, 2.24) is 5.32 Å². The molecule has 0 aromatic rings. The molecule has 0 saturated carbocycles. The van der Waals surface area contributed by atoms with E-state index in [0.717, 1.165) is 0 Å². The summed E-state index contributed by atoms with van der Waals surface area (Å²) in [5.74, 6) is 0. The molecule has 0 bridgehead atoms. The fourth-order valence-electron chi connectivity index (χ4n) is 5.12. The van der Waals surface area contributed by atoms with Crippen molar-refractivity contribution in [3.63, 3.8) is 0 Å². The molecule has 1 nitrogen and oxygen atoms in total. The molecule has 0 fully saturated rings. The van der Waals surface area contributed by atoms with Gasteiger partial charge in [0.15, 0.2) is 0 Å². The zero-order valence-corrected chi connectivity index (χ0v) is 28.3. The van der Waals surface area contributed by atoms with Gasteiger partial charge in [-0.3, -0.25) is 0 Å². The molecule has 40 heavy (non-hydrogen) atoms. The van der Waals surface area contributed by atoms with Gasteiger partial charge >= 0.3 is 0 Å². The van der Waals surface area contributed by atoms with Crippen LogP contribution in [0.2, 0.25) is 0 Å². The van der Waals surface area contributed by atoms with Gasteiger partial charge in [-0.2, -0.15) is 0 Å². The second-order valence-corrected chi connectivity index (χ2v) is 12.0. The second kappa shape index (κ2) is 42.6. The summed E-state index contributed by atoms with van der Waals surface area (Å²) in [5, 5.41) is 3.67. The Balaban J connectivity index is 0. The number of hydrogen-bond acceptors (Lipinski definition) is 1. The smallest absolute Gasteiger partial charge is 0.00489 e. The van der Waals surface area contributed by atoms with E-state index in [1.807, 2.05) is 6.92 Å². The summed E-state index contributed by atoms with van der Waals surface area (Å²) < 4.78 is 0. The molecule has 238 valence electrons. The third-order valence-electron chi connectivity index (χ3n) is 7.73. The minimum Gasteiger partial charge on any atom is -0.317 e. The van der Waals surface area contributed by atoms with Crippen LogP contribution >= 0.6 is 0 Å². The van der Waals surface area contributed by atoms with Crippen molar-refractivity contribution < 1.29 is 0 Å². The molecule has 0 aliphatic heterocycles. The topological polar surface area (TPSA) is 12.0 Å². The van der Waals surface area contributed by atoms with Crippen LogP contribution in [0.25, 0.3) is 0 Å². The summed E-state index contributed by atoms with van der Waals surface area (Å²) in [6, 6.07) is 0. The monoisotopic (exact) mass is 560 g/mol. The van der Waals surface area contributed by atoms with E-state index in [-0.39, 0.29) is 0 Å². The fraction of sp³-hybridized carbons (Fsp3) is 0.846. The lowest BCUT2D eigenvalue weighted by atomic mass is 10.1. The highest BCUT2D eigenvalue weighted by atomic mass is 14.8. The Morgan fingerprint density at radius 2 is 0.600 bits per heavy atom. The molecule has 1 N–H and O–H groups in total. The molecule has 0 amide bonds. The van der Waals surface area contributed by atoms with Crippen molar-refractivity contribution in [3.8, 4) is 0 Å². The fourth-order valence-corrected chi connectivity index (χ4v) is 5.12. The lowest BCUT2D eigenvalue weighted by molar-refractivity contribution is 0.539. The summed E-state index contributed by atoms with van der Waals surface area (Å²) in [6.45, 7) is 12.3. The van der Waals surface area contributed by atoms with E-state index in [2.05, 4.69) is 50.0 Å². The molecule has 0 unspecified atom stereocenters. The molecule has 0 rings (SSSR count). The first kappa shape index (κ1) is 41.3. The highest BCUT2D eigenvalue weighted by Crippen LogP contribution is 2.11. The van der Waals surface area contributed by atoms with Gasteiger partial charge in [0.2, 0.25) is 0 Å². The Hall–Kier alpha value is -0.820. The van der Waals surface area contributed by atoms with Crippen LogP contribution in [-0.4, -0.2) is 13.1 Å². The predicted molar refractivity (Wildman–Crippen MR) is 188 cm³/mol. The second-order valence-electron chi connectivity index (χ2n) is 12.0. The van der Waals surface area contributed by atoms with E-state index in [0.29, 0.717) is 0 Å². The largest absolute Gasteiger partial charge is 0.317 e. The number of allylic oxidation sites excluding steroid dienone is 5. The van der Waals surface area contributed by atoms with Crippen molar-refractivity contribution in [2.24, 2.45) is 0 Å². The van der Waals surface area contributed by atoms with Crippen LogP contribution in [-0.2, 0) is 0 Å². The zero-order valence-electron chi connectivity index (χ0n) is 28.3. The van der Waals surface area contributed by atoms with Gasteiger partial charge in [0.05, 0.1) is 0 Å². The number of rotatable bonds is 32. The molecular formula is C39H77N. The highest BCUT2D eigenvalue weighted by Gasteiger charge is 1.94. The van der Waals surface area contributed by atoms with Crippen molar-refractivity contribution in [3.05, 3.63) is 37.0 Å². The van der Waals surface area contributed by atoms with Crippen LogP contribution in [0.1, 0.15) is 201 Å². The van der Waals surface area contributed by atoms with Gasteiger partial charge in [0.1, 0.15) is 0 Å². The van der Waals surface area contributed by atoms with Crippen LogP contribution < -0.4 is 5.32 Å². The first-order chi connectivity index (χ1) is 19.8. The van der Waals surface area contributed by atoms with Gasteiger partial charge in [-0.25, -0.2) is 0 Å². The maximum Gasteiger partial charge on any atom is -0.00489 e. The minimum absolute atomic E-state index is 1.23.